The summed E-state index contributed by atoms with van der Waals surface area (Å²) in [4.78, 5) is 0. The molecule has 1 fully saturated rings. The third-order valence-corrected chi connectivity index (χ3v) is 2.95. The van der Waals surface area contributed by atoms with Crippen molar-refractivity contribution in [3.05, 3.63) is 29.8 Å². The second-order valence-electron chi connectivity index (χ2n) is 3.71. The average Bonchev–Trinajstić information content (AvgIpc) is 2.99. The summed E-state index contributed by atoms with van der Waals surface area (Å²) in [5.41, 5.74) is 7.40. The van der Waals surface area contributed by atoms with Crippen LogP contribution < -0.4 is 10.5 Å². The van der Waals surface area contributed by atoms with E-state index in [1.807, 2.05) is 12.1 Å². The molecule has 0 atom stereocenters. The monoisotopic (exact) mass is 177 g/mol. The lowest BCUT2D eigenvalue weighted by atomic mass is 9.96. The Bertz CT molecular complexity index is 287. The van der Waals surface area contributed by atoms with Crippen LogP contribution in [0.3, 0.4) is 0 Å². The van der Waals surface area contributed by atoms with Gasteiger partial charge >= 0.3 is 0 Å². The Morgan fingerprint density at radius 3 is 2.31 bits per heavy atom. The topological polar surface area (TPSA) is 35.2 Å². The molecule has 0 amide bonds. The van der Waals surface area contributed by atoms with Crippen LogP contribution in [0, 0.1) is 0 Å². The summed E-state index contributed by atoms with van der Waals surface area (Å²) in [6.45, 7) is 0.763. The molecule has 0 unspecified atom stereocenters. The summed E-state index contributed by atoms with van der Waals surface area (Å²) >= 11 is 0. The summed E-state index contributed by atoms with van der Waals surface area (Å²) in [6, 6.07) is 8.26. The van der Waals surface area contributed by atoms with Crippen LogP contribution in [0.15, 0.2) is 24.3 Å². The summed E-state index contributed by atoms with van der Waals surface area (Å²) in [6.07, 6.45) is 2.46. The van der Waals surface area contributed by atoms with Gasteiger partial charge in [0.25, 0.3) is 0 Å². The highest BCUT2D eigenvalue weighted by molar-refractivity contribution is 5.36. The van der Waals surface area contributed by atoms with Gasteiger partial charge in [-0.1, -0.05) is 12.1 Å². The minimum atomic E-state index is 0.298. The number of nitrogens with two attached hydrogens (primary N) is 1. The first kappa shape index (κ1) is 8.57. The van der Waals surface area contributed by atoms with Crippen molar-refractivity contribution in [3.63, 3.8) is 0 Å². The van der Waals surface area contributed by atoms with Crippen LogP contribution in [0.2, 0.25) is 0 Å². The molecule has 1 aliphatic carbocycles. The quantitative estimate of drug-likeness (QED) is 0.762. The van der Waals surface area contributed by atoms with Gasteiger partial charge in [-0.25, -0.2) is 0 Å². The number of ether oxygens (including phenoxy) is 1. The molecule has 70 valence electrons. The molecule has 0 heterocycles. The zero-order valence-corrected chi connectivity index (χ0v) is 7.92. The molecular weight excluding hydrogens is 162 g/mol. The van der Waals surface area contributed by atoms with Crippen molar-refractivity contribution in [2.45, 2.75) is 18.3 Å². The van der Waals surface area contributed by atoms with Crippen LogP contribution >= 0.6 is 0 Å². The van der Waals surface area contributed by atoms with Gasteiger partial charge in [-0.15, -0.1) is 0 Å². The van der Waals surface area contributed by atoms with E-state index in [-0.39, 0.29) is 0 Å². The van der Waals surface area contributed by atoms with Crippen molar-refractivity contribution in [3.8, 4) is 5.75 Å². The van der Waals surface area contributed by atoms with E-state index in [4.69, 9.17) is 10.5 Å². The van der Waals surface area contributed by atoms with Crippen LogP contribution in [-0.4, -0.2) is 13.7 Å². The molecule has 0 saturated heterocycles. The predicted molar refractivity (Wildman–Crippen MR) is 53.0 cm³/mol. The Hall–Kier alpha value is -1.02. The van der Waals surface area contributed by atoms with E-state index in [1.54, 1.807) is 7.11 Å². The first-order valence-electron chi connectivity index (χ1n) is 4.65. The van der Waals surface area contributed by atoms with Crippen molar-refractivity contribution in [1.29, 1.82) is 0 Å². The van der Waals surface area contributed by atoms with Crippen molar-refractivity contribution >= 4 is 0 Å². The van der Waals surface area contributed by atoms with Crippen LogP contribution in [-0.2, 0) is 5.41 Å². The van der Waals surface area contributed by atoms with Gasteiger partial charge in [0.2, 0.25) is 0 Å². The van der Waals surface area contributed by atoms with Crippen LogP contribution in [0.4, 0.5) is 0 Å². The molecule has 1 aliphatic rings. The van der Waals surface area contributed by atoms with Crippen molar-refractivity contribution in [2.24, 2.45) is 5.73 Å². The van der Waals surface area contributed by atoms with E-state index < -0.39 is 0 Å². The van der Waals surface area contributed by atoms with Gasteiger partial charge in [-0.3, -0.25) is 0 Å². The van der Waals surface area contributed by atoms with Gasteiger partial charge in [-0.2, -0.15) is 0 Å². The van der Waals surface area contributed by atoms with Gasteiger partial charge in [0, 0.05) is 12.0 Å². The molecule has 13 heavy (non-hydrogen) atoms. The molecule has 2 nitrogen and oxygen atoms in total. The highest BCUT2D eigenvalue weighted by atomic mass is 16.5. The lowest BCUT2D eigenvalue weighted by molar-refractivity contribution is 0.414. The lowest BCUT2D eigenvalue weighted by Crippen LogP contribution is -2.19. The molecular formula is C11H15NO. The minimum absolute atomic E-state index is 0.298. The molecule has 0 aromatic heterocycles. The Morgan fingerprint density at radius 2 is 1.92 bits per heavy atom. The number of hydrogen-bond acceptors (Lipinski definition) is 2. The van der Waals surface area contributed by atoms with E-state index >= 15 is 0 Å². The minimum Gasteiger partial charge on any atom is -0.497 e. The number of hydrogen-bond donors (Lipinski definition) is 1. The molecule has 0 aliphatic heterocycles. The molecule has 1 saturated carbocycles. The first-order valence-corrected chi connectivity index (χ1v) is 4.65. The van der Waals surface area contributed by atoms with Gasteiger partial charge in [0.1, 0.15) is 5.75 Å². The maximum absolute atomic E-state index is 5.74. The van der Waals surface area contributed by atoms with Crippen molar-refractivity contribution in [1.82, 2.24) is 0 Å². The number of rotatable bonds is 3. The van der Waals surface area contributed by atoms with E-state index in [9.17, 15) is 0 Å². The van der Waals surface area contributed by atoms with Gasteiger partial charge in [0.15, 0.2) is 0 Å². The third-order valence-electron chi connectivity index (χ3n) is 2.95. The third kappa shape index (κ3) is 1.42. The Morgan fingerprint density at radius 1 is 1.31 bits per heavy atom. The van der Waals surface area contributed by atoms with Crippen molar-refractivity contribution in [2.75, 3.05) is 13.7 Å². The lowest BCUT2D eigenvalue weighted by Gasteiger charge is -2.12. The van der Waals surface area contributed by atoms with Crippen LogP contribution in [0.1, 0.15) is 18.4 Å². The van der Waals surface area contributed by atoms with Crippen molar-refractivity contribution < 1.29 is 4.74 Å². The van der Waals surface area contributed by atoms with Gasteiger partial charge < -0.3 is 10.5 Å². The highest BCUT2D eigenvalue weighted by Crippen LogP contribution is 2.47. The number of benzene rings is 1. The molecule has 0 radical (unpaired) electrons. The Kier molecular flexibility index (Phi) is 2.00. The molecule has 2 N–H and O–H groups in total. The first-order chi connectivity index (χ1) is 6.30. The van der Waals surface area contributed by atoms with Crippen LogP contribution in [0.25, 0.3) is 0 Å². The summed E-state index contributed by atoms with van der Waals surface area (Å²) in [7, 11) is 1.69. The normalized spacial score (nSPS) is 18.3. The van der Waals surface area contributed by atoms with Gasteiger partial charge in [0.05, 0.1) is 7.11 Å². The Labute approximate surface area is 78.7 Å². The summed E-state index contributed by atoms with van der Waals surface area (Å²) in [5.74, 6) is 0.913. The molecule has 1 aromatic carbocycles. The van der Waals surface area contributed by atoms with E-state index in [0.29, 0.717) is 5.41 Å². The number of methoxy groups -OCH3 is 1. The summed E-state index contributed by atoms with van der Waals surface area (Å²) in [5, 5.41) is 0. The fourth-order valence-corrected chi connectivity index (χ4v) is 1.71. The molecule has 0 spiro atoms. The standard InChI is InChI=1S/C11H15NO/c1-13-10-4-2-9(3-5-10)11(8-12)6-7-11/h2-5H,6-8,12H2,1H3. The SMILES string of the molecule is COc1ccc(C2(CN)CC2)cc1. The Balaban J connectivity index is 2.23. The second-order valence-corrected chi connectivity index (χ2v) is 3.71. The molecule has 2 heteroatoms. The predicted octanol–water partition coefficient (Wildman–Crippen LogP) is 1.69. The van der Waals surface area contributed by atoms with E-state index in [1.165, 1.54) is 18.4 Å². The van der Waals surface area contributed by atoms with Gasteiger partial charge in [-0.05, 0) is 30.5 Å². The molecule has 1 aromatic rings. The van der Waals surface area contributed by atoms with Crippen LogP contribution in [0.5, 0.6) is 5.75 Å². The largest absolute Gasteiger partial charge is 0.497 e. The highest BCUT2D eigenvalue weighted by Gasteiger charge is 2.42. The fraction of sp³-hybridized carbons (Fsp3) is 0.455. The maximum atomic E-state index is 5.74. The summed E-state index contributed by atoms with van der Waals surface area (Å²) < 4.78 is 5.10. The molecule has 2 rings (SSSR count). The second kappa shape index (κ2) is 3.04. The zero-order valence-electron chi connectivity index (χ0n) is 7.92. The fourth-order valence-electron chi connectivity index (χ4n) is 1.71. The molecule has 0 bridgehead atoms. The maximum Gasteiger partial charge on any atom is 0.118 e. The van der Waals surface area contributed by atoms with E-state index in [2.05, 4.69) is 12.1 Å². The average molecular weight is 177 g/mol. The smallest absolute Gasteiger partial charge is 0.118 e. The zero-order chi connectivity index (χ0) is 9.31. The van der Waals surface area contributed by atoms with E-state index in [0.717, 1.165) is 12.3 Å².